The third-order valence-corrected chi connectivity index (χ3v) is 4.64. The quantitative estimate of drug-likeness (QED) is 0.336. The number of furan rings is 1. The second kappa shape index (κ2) is 7.34. The fourth-order valence-electron chi connectivity index (χ4n) is 2.54. The summed E-state index contributed by atoms with van der Waals surface area (Å²) in [6, 6.07) is 18.4. The van der Waals surface area contributed by atoms with Crippen molar-refractivity contribution in [1.82, 2.24) is 14.9 Å². The maximum Gasteiger partial charge on any atom is 0.216 e. The second-order valence-corrected chi connectivity index (χ2v) is 6.94. The van der Waals surface area contributed by atoms with Gasteiger partial charge in [-0.1, -0.05) is 40.2 Å². The van der Waals surface area contributed by atoms with Gasteiger partial charge in [-0.15, -0.1) is 0 Å². The molecule has 0 saturated heterocycles. The molecule has 0 saturated carbocycles. The molecule has 0 unspecified atom stereocenters. The van der Waals surface area contributed by atoms with Gasteiger partial charge in [-0.25, -0.2) is 5.10 Å². The Morgan fingerprint density at radius 1 is 1.11 bits per heavy atom. The summed E-state index contributed by atoms with van der Waals surface area (Å²) in [6.07, 6.45) is 1.55. The van der Waals surface area contributed by atoms with Crippen LogP contribution in [0.5, 0.6) is 5.75 Å². The van der Waals surface area contributed by atoms with E-state index in [2.05, 4.69) is 31.2 Å². The van der Waals surface area contributed by atoms with Crippen LogP contribution in [0.2, 0.25) is 0 Å². The van der Waals surface area contributed by atoms with Crippen molar-refractivity contribution in [2.75, 3.05) is 0 Å². The summed E-state index contributed by atoms with van der Waals surface area (Å²) in [5.41, 5.74) is 1.49. The molecular formula is C19H13BrN4O2S. The van der Waals surface area contributed by atoms with E-state index in [4.69, 9.17) is 16.6 Å². The van der Waals surface area contributed by atoms with Crippen LogP contribution < -0.4 is 0 Å². The van der Waals surface area contributed by atoms with Gasteiger partial charge in [0.25, 0.3) is 0 Å². The zero-order valence-corrected chi connectivity index (χ0v) is 16.2. The predicted molar refractivity (Wildman–Crippen MR) is 109 cm³/mol. The van der Waals surface area contributed by atoms with Crippen LogP contribution >= 0.6 is 28.1 Å². The average Bonchev–Trinajstić information content (AvgIpc) is 3.28. The van der Waals surface area contributed by atoms with Gasteiger partial charge in [0, 0.05) is 10.0 Å². The molecule has 0 bridgehead atoms. The first-order valence-electron chi connectivity index (χ1n) is 7.98. The molecule has 0 aliphatic carbocycles. The summed E-state index contributed by atoms with van der Waals surface area (Å²) in [5.74, 6) is 1.81. The van der Waals surface area contributed by atoms with Gasteiger partial charge < -0.3 is 9.52 Å². The Hall–Kier alpha value is -2.97. The fourth-order valence-corrected chi connectivity index (χ4v) is 2.99. The summed E-state index contributed by atoms with van der Waals surface area (Å²) in [4.78, 5) is 0. The first-order chi connectivity index (χ1) is 13.1. The topological polar surface area (TPSA) is 79.3 Å². The minimum atomic E-state index is 0.0958. The number of aromatic nitrogens is 3. The molecule has 134 valence electrons. The lowest BCUT2D eigenvalue weighted by Crippen LogP contribution is -1.94. The molecule has 6 nitrogen and oxygen atoms in total. The molecule has 0 radical (unpaired) electrons. The number of benzene rings is 2. The van der Waals surface area contributed by atoms with E-state index in [1.807, 2.05) is 36.4 Å². The highest BCUT2D eigenvalue weighted by atomic mass is 79.9. The first-order valence-corrected chi connectivity index (χ1v) is 9.18. The molecule has 0 spiro atoms. The van der Waals surface area contributed by atoms with E-state index in [9.17, 15) is 5.11 Å². The van der Waals surface area contributed by atoms with E-state index < -0.39 is 0 Å². The van der Waals surface area contributed by atoms with E-state index in [0.717, 1.165) is 15.8 Å². The maximum absolute atomic E-state index is 10.1. The lowest BCUT2D eigenvalue weighted by atomic mass is 10.2. The van der Waals surface area contributed by atoms with Gasteiger partial charge in [-0.2, -0.15) is 14.9 Å². The second-order valence-electron chi connectivity index (χ2n) is 5.63. The molecule has 0 aliphatic heterocycles. The standard InChI is InChI=1S/C19H13BrN4O2S/c20-13-7-5-12(6-8-13)17-10-9-14(26-17)11-21-24-18(22-23-19(24)27)15-3-1-2-4-16(15)25/h1-11,25H,(H,23,27). The third-order valence-electron chi connectivity index (χ3n) is 3.85. The zero-order chi connectivity index (χ0) is 18.8. The van der Waals surface area contributed by atoms with Crippen molar-refractivity contribution < 1.29 is 9.52 Å². The number of para-hydroxylation sites is 1. The van der Waals surface area contributed by atoms with Gasteiger partial charge in [0.1, 0.15) is 17.3 Å². The van der Waals surface area contributed by atoms with Gasteiger partial charge in [0.05, 0.1) is 11.8 Å². The Morgan fingerprint density at radius 3 is 2.67 bits per heavy atom. The molecule has 4 rings (SSSR count). The normalized spacial score (nSPS) is 11.3. The Morgan fingerprint density at radius 2 is 1.89 bits per heavy atom. The summed E-state index contributed by atoms with van der Waals surface area (Å²) in [7, 11) is 0. The van der Waals surface area contributed by atoms with Gasteiger partial charge in [-0.3, -0.25) is 0 Å². The monoisotopic (exact) mass is 440 g/mol. The van der Waals surface area contributed by atoms with Gasteiger partial charge in [0.2, 0.25) is 4.77 Å². The lowest BCUT2D eigenvalue weighted by molar-refractivity contribution is 0.476. The van der Waals surface area contributed by atoms with Crippen molar-refractivity contribution in [3.63, 3.8) is 0 Å². The van der Waals surface area contributed by atoms with Crippen molar-refractivity contribution in [2.45, 2.75) is 0 Å². The molecule has 2 heterocycles. The van der Waals surface area contributed by atoms with Crippen LogP contribution in [-0.2, 0) is 0 Å². The molecule has 0 amide bonds. The van der Waals surface area contributed by atoms with E-state index in [0.29, 0.717) is 21.9 Å². The smallest absolute Gasteiger partial charge is 0.216 e. The summed E-state index contributed by atoms with van der Waals surface area (Å²) >= 11 is 8.66. The molecule has 0 fully saturated rings. The lowest BCUT2D eigenvalue weighted by Gasteiger charge is -2.02. The highest BCUT2D eigenvalue weighted by molar-refractivity contribution is 9.10. The van der Waals surface area contributed by atoms with Crippen molar-refractivity contribution in [2.24, 2.45) is 5.10 Å². The SMILES string of the molecule is Oc1ccccc1-c1n[nH]c(=S)n1N=Cc1ccc(-c2ccc(Br)cc2)o1. The molecule has 2 aromatic heterocycles. The third kappa shape index (κ3) is 3.62. The van der Waals surface area contributed by atoms with Gasteiger partial charge >= 0.3 is 0 Å². The van der Waals surface area contributed by atoms with Crippen LogP contribution in [0.15, 0.2) is 74.7 Å². The zero-order valence-electron chi connectivity index (χ0n) is 13.8. The largest absolute Gasteiger partial charge is 0.507 e. The summed E-state index contributed by atoms with van der Waals surface area (Å²) in [6.45, 7) is 0. The van der Waals surface area contributed by atoms with Crippen molar-refractivity contribution in [3.8, 4) is 28.5 Å². The molecule has 0 aliphatic rings. The highest BCUT2D eigenvalue weighted by Crippen LogP contribution is 2.27. The minimum absolute atomic E-state index is 0.0958. The van der Waals surface area contributed by atoms with Gasteiger partial charge in [0.15, 0.2) is 5.82 Å². The Bertz CT molecular complexity index is 1170. The van der Waals surface area contributed by atoms with E-state index in [1.165, 1.54) is 4.68 Å². The molecule has 27 heavy (non-hydrogen) atoms. The number of phenolic OH excluding ortho intramolecular Hbond substituents is 1. The van der Waals surface area contributed by atoms with Gasteiger partial charge in [-0.05, 0) is 48.6 Å². The number of H-pyrrole nitrogens is 1. The average molecular weight is 441 g/mol. The number of aromatic hydroxyl groups is 1. The van der Waals surface area contributed by atoms with E-state index in [1.54, 1.807) is 30.5 Å². The van der Waals surface area contributed by atoms with E-state index in [-0.39, 0.29) is 5.75 Å². The number of nitrogens with one attached hydrogen (secondary N) is 1. The van der Waals surface area contributed by atoms with Crippen LogP contribution in [0.25, 0.3) is 22.7 Å². The molecular weight excluding hydrogens is 428 g/mol. The van der Waals surface area contributed by atoms with E-state index >= 15 is 0 Å². The van der Waals surface area contributed by atoms with Crippen molar-refractivity contribution in [3.05, 3.63) is 75.7 Å². The van der Waals surface area contributed by atoms with Crippen LogP contribution in [0.4, 0.5) is 0 Å². The summed E-state index contributed by atoms with van der Waals surface area (Å²) in [5, 5.41) is 21.3. The number of hydrogen-bond acceptors (Lipinski definition) is 5. The minimum Gasteiger partial charge on any atom is -0.507 e. The Kier molecular flexibility index (Phi) is 4.74. The Labute approximate surface area is 167 Å². The molecule has 8 heteroatoms. The number of rotatable bonds is 4. The van der Waals surface area contributed by atoms with Crippen molar-refractivity contribution in [1.29, 1.82) is 0 Å². The van der Waals surface area contributed by atoms with Crippen LogP contribution in [0.1, 0.15) is 5.76 Å². The van der Waals surface area contributed by atoms with Crippen LogP contribution in [0, 0.1) is 4.77 Å². The highest BCUT2D eigenvalue weighted by Gasteiger charge is 2.12. The fraction of sp³-hybridized carbons (Fsp3) is 0. The molecule has 2 N–H and O–H groups in total. The number of nitrogens with zero attached hydrogens (tertiary/aromatic N) is 3. The van der Waals surface area contributed by atoms with Crippen LogP contribution in [-0.4, -0.2) is 26.2 Å². The molecule has 0 atom stereocenters. The number of phenols is 1. The van der Waals surface area contributed by atoms with Crippen LogP contribution in [0.3, 0.4) is 0 Å². The van der Waals surface area contributed by atoms with Crippen molar-refractivity contribution >= 4 is 34.4 Å². The maximum atomic E-state index is 10.1. The molecule has 4 aromatic rings. The predicted octanol–water partition coefficient (Wildman–Crippen LogP) is 5.22. The number of aromatic amines is 1. The number of halogens is 1. The first kappa shape index (κ1) is 17.4. The summed E-state index contributed by atoms with van der Waals surface area (Å²) < 4.78 is 8.58. The molecule has 2 aromatic carbocycles. The Balaban J connectivity index is 1.65. The number of hydrogen-bond donors (Lipinski definition) is 2.